The quantitative estimate of drug-likeness (QED) is 0.471. The molecule has 0 saturated carbocycles. The number of methoxy groups -OCH3 is 1. The summed E-state index contributed by atoms with van der Waals surface area (Å²) in [4.78, 5) is 40.7. The van der Waals surface area contributed by atoms with Gasteiger partial charge >= 0.3 is 11.6 Å². The van der Waals surface area contributed by atoms with Gasteiger partial charge in [-0.2, -0.15) is 0 Å². The fourth-order valence-corrected chi connectivity index (χ4v) is 2.85. The molecule has 2 heterocycles. The Morgan fingerprint density at radius 3 is 2.48 bits per heavy atom. The van der Waals surface area contributed by atoms with Gasteiger partial charge in [-0.05, 0) is 44.5 Å². The number of benzene rings is 1. The fourth-order valence-electron chi connectivity index (χ4n) is 2.85. The maximum atomic E-state index is 12.4. The van der Waals surface area contributed by atoms with Crippen LogP contribution in [-0.2, 0) is 9.53 Å². The maximum Gasteiger partial charge on any atom is 0.353 e. The first-order chi connectivity index (χ1) is 14.6. The lowest BCUT2D eigenvalue weighted by Crippen LogP contribution is -2.36. The van der Waals surface area contributed by atoms with Gasteiger partial charge in [-0.3, -0.25) is 9.59 Å². The van der Waals surface area contributed by atoms with Crippen LogP contribution in [0, 0.1) is 0 Å². The van der Waals surface area contributed by atoms with Crippen LogP contribution in [0.1, 0.15) is 31.1 Å². The number of nitrogens with one attached hydrogen (secondary N) is 1. The van der Waals surface area contributed by atoms with E-state index in [1.54, 1.807) is 51.2 Å². The Balaban J connectivity index is 1.88. The second kappa shape index (κ2) is 8.47. The summed E-state index contributed by atoms with van der Waals surface area (Å²) in [5, 5.41) is 13.0. The topological polar surface area (TPSA) is 128 Å². The third kappa shape index (κ3) is 5.00. The Morgan fingerprint density at radius 2 is 1.87 bits per heavy atom. The van der Waals surface area contributed by atoms with E-state index in [1.165, 1.54) is 13.2 Å². The molecule has 0 spiro atoms. The standard InChI is InChI=1S/C22H22N2O7/c1-22(2,3)31-17(25)11-24-20(27)18-19(26)14-7-5-12(9-15(14)30-21(18)28)13-6-8-16(29-4)23-10-13/h5-10,26H,11H2,1-4H3,(H,24,27). The van der Waals surface area contributed by atoms with Gasteiger partial charge in [0.2, 0.25) is 5.88 Å². The van der Waals surface area contributed by atoms with Crippen molar-refractivity contribution >= 4 is 22.8 Å². The molecule has 0 aliphatic rings. The number of rotatable bonds is 5. The van der Waals surface area contributed by atoms with E-state index in [-0.39, 0.29) is 11.0 Å². The van der Waals surface area contributed by atoms with Crippen molar-refractivity contribution in [3.8, 4) is 22.8 Å². The van der Waals surface area contributed by atoms with Crippen molar-refractivity contribution in [2.45, 2.75) is 26.4 Å². The third-order valence-corrected chi connectivity index (χ3v) is 4.20. The van der Waals surface area contributed by atoms with E-state index in [1.807, 2.05) is 0 Å². The van der Waals surface area contributed by atoms with E-state index >= 15 is 0 Å². The summed E-state index contributed by atoms with van der Waals surface area (Å²) in [5.41, 5.74) is -0.814. The Labute approximate surface area is 177 Å². The summed E-state index contributed by atoms with van der Waals surface area (Å²) >= 11 is 0. The van der Waals surface area contributed by atoms with E-state index in [2.05, 4.69) is 10.3 Å². The number of amides is 1. The molecule has 0 radical (unpaired) electrons. The summed E-state index contributed by atoms with van der Waals surface area (Å²) < 4.78 is 15.4. The van der Waals surface area contributed by atoms with E-state index in [4.69, 9.17) is 13.9 Å². The van der Waals surface area contributed by atoms with Crippen LogP contribution in [0.2, 0.25) is 0 Å². The summed E-state index contributed by atoms with van der Waals surface area (Å²) in [6.07, 6.45) is 1.59. The van der Waals surface area contributed by atoms with Crippen molar-refractivity contribution < 1.29 is 28.6 Å². The molecule has 162 valence electrons. The second-order valence-electron chi connectivity index (χ2n) is 7.68. The van der Waals surface area contributed by atoms with Crippen LogP contribution in [0.15, 0.2) is 45.7 Å². The van der Waals surface area contributed by atoms with Gasteiger partial charge in [0.15, 0.2) is 5.56 Å². The van der Waals surface area contributed by atoms with E-state index in [0.29, 0.717) is 11.4 Å². The van der Waals surface area contributed by atoms with Crippen molar-refractivity contribution in [2.75, 3.05) is 13.7 Å². The maximum absolute atomic E-state index is 12.4. The van der Waals surface area contributed by atoms with Gasteiger partial charge in [0.25, 0.3) is 5.91 Å². The van der Waals surface area contributed by atoms with Gasteiger partial charge in [-0.25, -0.2) is 9.78 Å². The van der Waals surface area contributed by atoms with Crippen molar-refractivity contribution in [3.05, 3.63) is 52.5 Å². The summed E-state index contributed by atoms with van der Waals surface area (Å²) in [5.74, 6) is -1.70. The summed E-state index contributed by atoms with van der Waals surface area (Å²) in [7, 11) is 1.51. The van der Waals surface area contributed by atoms with Crippen LogP contribution in [0.3, 0.4) is 0 Å². The molecule has 1 amide bonds. The van der Waals surface area contributed by atoms with E-state index < -0.39 is 41.0 Å². The molecule has 0 atom stereocenters. The first-order valence-corrected chi connectivity index (χ1v) is 9.39. The number of hydrogen-bond donors (Lipinski definition) is 2. The normalized spacial score (nSPS) is 11.2. The smallest absolute Gasteiger partial charge is 0.353 e. The van der Waals surface area contributed by atoms with Gasteiger partial charge in [0.1, 0.15) is 23.5 Å². The molecule has 0 aliphatic carbocycles. The monoisotopic (exact) mass is 426 g/mol. The SMILES string of the molecule is COc1ccc(-c2ccc3c(O)c(C(=O)NCC(=O)OC(C)(C)C)c(=O)oc3c2)cn1. The molecule has 2 N–H and O–H groups in total. The van der Waals surface area contributed by atoms with Gasteiger partial charge in [0.05, 0.1) is 12.5 Å². The van der Waals surface area contributed by atoms with Crippen LogP contribution in [0.5, 0.6) is 11.6 Å². The zero-order chi connectivity index (χ0) is 22.8. The molecule has 31 heavy (non-hydrogen) atoms. The fraction of sp³-hybridized carbons (Fsp3) is 0.273. The van der Waals surface area contributed by atoms with Gasteiger partial charge in [-0.1, -0.05) is 6.07 Å². The molecule has 3 rings (SSSR count). The predicted octanol–water partition coefficient (Wildman–Crippen LogP) is 2.64. The lowest BCUT2D eigenvalue weighted by Gasteiger charge is -2.19. The van der Waals surface area contributed by atoms with Crippen LogP contribution in [0.25, 0.3) is 22.1 Å². The molecular formula is C22H22N2O7. The Kier molecular flexibility index (Phi) is 5.96. The molecule has 0 fully saturated rings. The molecule has 9 nitrogen and oxygen atoms in total. The molecule has 9 heteroatoms. The number of hydrogen-bond acceptors (Lipinski definition) is 8. The summed E-state index contributed by atoms with van der Waals surface area (Å²) in [6, 6.07) is 8.24. The number of nitrogens with zero attached hydrogens (tertiary/aromatic N) is 1. The minimum atomic E-state index is -1.03. The minimum absolute atomic E-state index is 0.0968. The molecule has 2 aromatic heterocycles. The van der Waals surface area contributed by atoms with Crippen molar-refractivity contribution in [1.29, 1.82) is 0 Å². The molecule has 0 bridgehead atoms. The van der Waals surface area contributed by atoms with E-state index in [9.17, 15) is 19.5 Å². The highest BCUT2D eigenvalue weighted by atomic mass is 16.6. The second-order valence-corrected chi connectivity index (χ2v) is 7.68. The van der Waals surface area contributed by atoms with Crippen LogP contribution in [-0.4, -0.2) is 41.2 Å². The summed E-state index contributed by atoms with van der Waals surface area (Å²) in [6.45, 7) is 4.60. The molecular weight excluding hydrogens is 404 g/mol. The van der Waals surface area contributed by atoms with Crippen molar-refractivity contribution in [2.24, 2.45) is 0 Å². The van der Waals surface area contributed by atoms with Crippen LogP contribution >= 0.6 is 0 Å². The van der Waals surface area contributed by atoms with Crippen molar-refractivity contribution in [1.82, 2.24) is 10.3 Å². The number of pyridine rings is 1. The number of carbonyl (C=O) groups excluding carboxylic acids is 2. The number of esters is 1. The Bertz CT molecular complexity index is 1190. The minimum Gasteiger partial charge on any atom is -0.506 e. The molecule has 0 unspecified atom stereocenters. The zero-order valence-electron chi connectivity index (χ0n) is 17.5. The molecule has 0 saturated heterocycles. The van der Waals surface area contributed by atoms with E-state index in [0.717, 1.165) is 5.56 Å². The van der Waals surface area contributed by atoms with Gasteiger partial charge < -0.3 is 24.3 Å². The number of fused-ring (bicyclic) bond motifs is 1. The number of aromatic hydroxyl groups is 1. The van der Waals surface area contributed by atoms with Gasteiger partial charge in [0, 0.05) is 17.8 Å². The highest BCUT2D eigenvalue weighted by Crippen LogP contribution is 2.30. The van der Waals surface area contributed by atoms with Crippen molar-refractivity contribution in [3.63, 3.8) is 0 Å². The number of carbonyl (C=O) groups is 2. The average molecular weight is 426 g/mol. The first kappa shape index (κ1) is 21.8. The lowest BCUT2D eigenvalue weighted by atomic mass is 10.0. The number of aromatic nitrogens is 1. The number of ether oxygens (including phenoxy) is 2. The predicted molar refractivity (Wildman–Crippen MR) is 112 cm³/mol. The third-order valence-electron chi connectivity index (χ3n) is 4.20. The largest absolute Gasteiger partial charge is 0.506 e. The zero-order valence-corrected chi connectivity index (χ0v) is 17.5. The highest BCUT2D eigenvalue weighted by molar-refractivity contribution is 6.02. The highest BCUT2D eigenvalue weighted by Gasteiger charge is 2.23. The lowest BCUT2D eigenvalue weighted by molar-refractivity contribution is -0.153. The average Bonchev–Trinajstić information content (AvgIpc) is 2.70. The molecule has 3 aromatic rings. The molecule has 1 aromatic carbocycles. The Morgan fingerprint density at radius 1 is 1.16 bits per heavy atom. The Hall–Kier alpha value is -3.88. The first-order valence-electron chi connectivity index (χ1n) is 9.39. The van der Waals surface area contributed by atoms with Gasteiger partial charge in [-0.15, -0.1) is 0 Å². The van der Waals surface area contributed by atoms with Crippen LogP contribution < -0.4 is 15.7 Å². The van der Waals surface area contributed by atoms with Crippen LogP contribution in [0.4, 0.5) is 0 Å². The molecule has 0 aliphatic heterocycles.